The van der Waals surface area contributed by atoms with Crippen molar-refractivity contribution in [1.82, 2.24) is 4.57 Å². The highest BCUT2D eigenvalue weighted by molar-refractivity contribution is 9.10. The Kier molecular flexibility index (Phi) is 2.79. The number of ketones is 1. The highest BCUT2D eigenvalue weighted by Crippen LogP contribution is 2.33. The van der Waals surface area contributed by atoms with Gasteiger partial charge in [0.1, 0.15) is 0 Å². The molecule has 17 heavy (non-hydrogen) atoms. The third-order valence-corrected chi connectivity index (χ3v) is 3.06. The summed E-state index contributed by atoms with van der Waals surface area (Å²) in [5.74, 6) is -0.897. The summed E-state index contributed by atoms with van der Waals surface area (Å²) in [5.41, 5.74) is 0.708. The SMILES string of the molecule is CC(=O)c1c(O)n(C(C)=O)c2ccc(Br)cc12. The van der Waals surface area contributed by atoms with Gasteiger partial charge >= 0.3 is 0 Å². The molecule has 0 unspecified atom stereocenters. The van der Waals surface area contributed by atoms with Crippen LogP contribution in [0.3, 0.4) is 0 Å². The van der Waals surface area contributed by atoms with Gasteiger partial charge in [-0.15, -0.1) is 0 Å². The number of nitrogens with zero attached hydrogens (tertiary/aromatic N) is 1. The third-order valence-electron chi connectivity index (χ3n) is 2.57. The Morgan fingerprint density at radius 3 is 2.47 bits per heavy atom. The molecule has 0 radical (unpaired) electrons. The van der Waals surface area contributed by atoms with Crippen LogP contribution in [0.1, 0.15) is 29.0 Å². The van der Waals surface area contributed by atoms with Crippen molar-refractivity contribution in [1.29, 1.82) is 0 Å². The van der Waals surface area contributed by atoms with Gasteiger partial charge < -0.3 is 5.11 Å². The maximum absolute atomic E-state index is 11.5. The molecular weight excluding hydrogens is 286 g/mol. The summed E-state index contributed by atoms with van der Waals surface area (Å²) in [6, 6.07) is 5.16. The van der Waals surface area contributed by atoms with E-state index < -0.39 is 0 Å². The van der Waals surface area contributed by atoms with Crippen LogP contribution in [0.4, 0.5) is 0 Å². The van der Waals surface area contributed by atoms with Crippen molar-refractivity contribution >= 4 is 38.5 Å². The summed E-state index contributed by atoms with van der Waals surface area (Å²) in [5, 5.41) is 10.5. The van der Waals surface area contributed by atoms with Crippen LogP contribution >= 0.6 is 15.9 Å². The van der Waals surface area contributed by atoms with Crippen LogP contribution in [0.25, 0.3) is 10.9 Å². The second-order valence-corrected chi connectivity index (χ2v) is 4.69. The largest absolute Gasteiger partial charge is 0.494 e. The first kappa shape index (κ1) is 11.9. The highest BCUT2D eigenvalue weighted by atomic mass is 79.9. The van der Waals surface area contributed by atoms with E-state index in [1.54, 1.807) is 18.2 Å². The number of carbonyl (C=O) groups excluding carboxylic acids is 2. The predicted octanol–water partition coefficient (Wildman–Crippen LogP) is 2.97. The first-order chi connectivity index (χ1) is 7.93. The number of Topliss-reactive ketones (excluding diaryl/α,β-unsaturated/α-hetero) is 1. The molecule has 0 aliphatic carbocycles. The van der Waals surface area contributed by atoms with E-state index in [4.69, 9.17) is 0 Å². The molecular formula is C12H10BrNO3. The lowest BCUT2D eigenvalue weighted by Crippen LogP contribution is -2.04. The zero-order valence-electron chi connectivity index (χ0n) is 9.32. The number of carbonyl (C=O) groups is 2. The fourth-order valence-electron chi connectivity index (χ4n) is 1.92. The molecule has 1 aromatic heterocycles. The minimum Gasteiger partial charge on any atom is -0.494 e. The van der Waals surface area contributed by atoms with Crippen LogP contribution in [0.15, 0.2) is 22.7 Å². The van der Waals surface area contributed by atoms with Gasteiger partial charge in [0.25, 0.3) is 0 Å². The fourth-order valence-corrected chi connectivity index (χ4v) is 2.28. The van der Waals surface area contributed by atoms with E-state index in [1.165, 1.54) is 13.8 Å². The molecule has 2 aromatic rings. The monoisotopic (exact) mass is 295 g/mol. The van der Waals surface area contributed by atoms with E-state index in [0.717, 1.165) is 9.04 Å². The lowest BCUT2D eigenvalue weighted by Gasteiger charge is -2.00. The first-order valence-electron chi connectivity index (χ1n) is 4.98. The lowest BCUT2D eigenvalue weighted by molar-refractivity contribution is 0.0933. The molecule has 0 fully saturated rings. The van der Waals surface area contributed by atoms with E-state index in [1.807, 2.05) is 0 Å². The van der Waals surface area contributed by atoms with Crippen LogP contribution in [-0.4, -0.2) is 21.4 Å². The Hall–Kier alpha value is -1.62. The van der Waals surface area contributed by atoms with E-state index in [0.29, 0.717) is 10.9 Å². The standard InChI is InChI=1S/C12H10BrNO3/c1-6(15)11-9-5-8(13)3-4-10(9)14(7(2)16)12(11)17/h3-5,17H,1-2H3. The van der Waals surface area contributed by atoms with Crippen molar-refractivity contribution in [2.45, 2.75) is 13.8 Å². The number of rotatable bonds is 1. The lowest BCUT2D eigenvalue weighted by atomic mass is 10.1. The van der Waals surface area contributed by atoms with Crippen molar-refractivity contribution in [2.24, 2.45) is 0 Å². The van der Waals surface area contributed by atoms with Crippen LogP contribution in [0.5, 0.6) is 5.88 Å². The summed E-state index contributed by atoms with van der Waals surface area (Å²) in [6.07, 6.45) is 0. The summed E-state index contributed by atoms with van der Waals surface area (Å²) >= 11 is 3.30. The van der Waals surface area contributed by atoms with Crippen molar-refractivity contribution in [3.05, 3.63) is 28.2 Å². The molecule has 5 heteroatoms. The molecule has 0 amide bonds. The van der Waals surface area contributed by atoms with E-state index in [-0.39, 0.29) is 23.1 Å². The summed E-state index contributed by atoms with van der Waals surface area (Å²) in [6.45, 7) is 2.70. The minimum atomic E-state index is -0.331. The molecule has 1 aromatic carbocycles. The normalized spacial score (nSPS) is 10.8. The summed E-state index contributed by atoms with van der Waals surface area (Å²) in [7, 11) is 0. The number of benzene rings is 1. The van der Waals surface area contributed by atoms with Crippen molar-refractivity contribution < 1.29 is 14.7 Å². The second-order valence-electron chi connectivity index (χ2n) is 3.77. The van der Waals surface area contributed by atoms with Crippen molar-refractivity contribution in [3.63, 3.8) is 0 Å². The fraction of sp³-hybridized carbons (Fsp3) is 0.167. The van der Waals surface area contributed by atoms with Gasteiger partial charge in [-0.25, -0.2) is 0 Å². The van der Waals surface area contributed by atoms with Gasteiger partial charge in [0.2, 0.25) is 11.8 Å². The van der Waals surface area contributed by atoms with Gasteiger partial charge in [-0.1, -0.05) is 15.9 Å². The molecule has 1 heterocycles. The molecule has 0 spiro atoms. The molecule has 0 atom stereocenters. The smallest absolute Gasteiger partial charge is 0.230 e. The van der Waals surface area contributed by atoms with Gasteiger partial charge in [-0.2, -0.15) is 0 Å². The van der Waals surface area contributed by atoms with Gasteiger partial charge in [0.05, 0.1) is 11.1 Å². The molecule has 0 saturated heterocycles. The molecule has 4 nitrogen and oxygen atoms in total. The third kappa shape index (κ3) is 1.76. The van der Waals surface area contributed by atoms with Crippen molar-refractivity contribution in [2.75, 3.05) is 0 Å². The van der Waals surface area contributed by atoms with Gasteiger partial charge in [0, 0.05) is 16.8 Å². The van der Waals surface area contributed by atoms with Crippen LogP contribution in [-0.2, 0) is 0 Å². The highest BCUT2D eigenvalue weighted by Gasteiger charge is 2.21. The maximum Gasteiger partial charge on any atom is 0.230 e. The van der Waals surface area contributed by atoms with Crippen LogP contribution in [0, 0.1) is 0 Å². The van der Waals surface area contributed by atoms with Gasteiger partial charge in [-0.05, 0) is 25.1 Å². The predicted molar refractivity (Wildman–Crippen MR) is 67.6 cm³/mol. The molecule has 0 saturated carbocycles. The Morgan fingerprint density at radius 1 is 1.29 bits per heavy atom. The molecule has 88 valence electrons. The minimum absolute atomic E-state index is 0.177. The van der Waals surface area contributed by atoms with E-state index in [2.05, 4.69) is 15.9 Å². The second kappa shape index (κ2) is 4.00. The van der Waals surface area contributed by atoms with Crippen LogP contribution < -0.4 is 0 Å². The number of hydrogen-bond acceptors (Lipinski definition) is 3. The molecule has 0 aliphatic heterocycles. The Morgan fingerprint density at radius 2 is 1.94 bits per heavy atom. The Bertz CT molecular complexity index is 643. The molecule has 0 aliphatic rings. The zero-order chi connectivity index (χ0) is 12.7. The Labute approximate surface area is 106 Å². The van der Waals surface area contributed by atoms with Crippen molar-refractivity contribution in [3.8, 4) is 5.88 Å². The van der Waals surface area contributed by atoms with E-state index >= 15 is 0 Å². The summed E-state index contributed by atoms with van der Waals surface area (Å²) in [4.78, 5) is 23.0. The number of aromatic nitrogens is 1. The zero-order valence-corrected chi connectivity index (χ0v) is 10.9. The number of aromatic hydroxyl groups is 1. The number of halogens is 1. The average molecular weight is 296 g/mol. The molecule has 2 rings (SSSR count). The Balaban J connectivity index is 2.98. The topological polar surface area (TPSA) is 59.3 Å². The van der Waals surface area contributed by atoms with Gasteiger partial charge in [0.15, 0.2) is 5.78 Å². The molecule has 0 bridgehead atoms. The number of hydrogen-bond donors (Lipinski definition) is 1. The maximum atomic E-state index is 11.5. The molecule has 1 N–H and O–H groups in total. The quantitative estimate of drug-likeness (QED) is 0.823. The number of fused-ring (bicyclic) bond motifs is 1. The first-order valence-corrected chi connectivity index (χ1v) is 5.77. The van der Waals surface area contributed by atoms with Crippen LogP contribution in [0.2, 0.25) is 0 Å². The summed E-state index contributed by atoms with van der Waals surface area (Å²) < 4.78 is 1.92. The van der Waals surface area contributed by atoms with E-state index in [9.17, 15) is 14.7 Å². The van der Waals surface area contributed by atoms with Gasteiger partial charge in [-0.3, -0.25) is 14.2 Å². The average Bonchev–Trinajstić information content (AvgIpc) is 2.48.